The number of aromatic nitrogens is 2. The van der Waals surface area contributed by atoms with Gasteiger partial charge in [0.25, 0.3) is 10.0 Å². The summed E-state index contributed by atoms with van der Waals surface area (Å²) in [6.45, 7) is 1.68. The van der Waals surface area contributed by atoms with Crippen molar-refractivity contribution in [3.05, 3.63) is 41.5 Å². The Bertz CT molecular complexity index is 853. The van der Waals surface area contributed by atoms with Gasteiger partial charge in [0.15, 0.2) is 5.82 Å². The molecule has 3 rings (SSSR count). The Morgan fingerprint density at radius 1 is 1.19 bits per heavy atom. The van der Waals surface area contributed by atoms with Crippen molar-refractivity contribution in [3.63, 3.8) is 0 Å². The molecule has 0 bridgehead atoms. The molecular formula is C18H23N3O4S. The molecule has 8 heteroatoms. The summed E-state index contributed by atoms with van der Waals surface area (Å²) in [5.74, 6) is 0.697. The van der Waals surface area contributed by atoms with E-state index in [0.29, 0.717) is 17.6 Å². The number of carbonyl (C=O) groups is 1. The minimum absolute atomic E-state index is 0.0407. The van der Waals surface area contributed by atoms with Crippen molar-refractivity contribution in [2.24, 2.45) is 0 Å². The quantitative estimate of drug-likeness (QED) is 0.830. The van der Waals surface area contributed by atoms with E-state index < -0.39 is 15.9 Å². The molecule has 1 saturated carbocycles. The number of benzene rings is 1. The van der Waals surface area contributed by atoms with E-state index in [1.165, 1.54) is 24.8 Å². The Morgan fingerprint density at radius 2 is 1.88 bits per heavy atom. The summed E-state index contributed by atoms with van der Waals surface area (Å²) in [5, 5.41) is 3.63. The molecule has 1 aliphatic rings. The number of hydrogen-bond donors (Lipinski definition) is 1. The van der Waals surface area contributed by atoms with E-state index in [1.807, 2.05) is 12.1 Å². The molecule has 0 saturated heterocycles. The monoisotopic (exact) mass is 377 g/mol. The number of amides is 1. The topological polar surface area (TPSA) is 102 Å². The molecule has 1 fully saturated rings. The summed E-state index contributed by atoms with van der Waals surface area (Å²) < 4.78 is 31.7. The van der Waals surface area contributed by atoms with E-state index in [4.69, 9.17) is 4.52 Å². The predicted octanol–water partition coefficient (Wildman–Crippen LogP) is 2.86. The number of hydrogen-bond acceptors (Lipinski definition) is 6. The van der Waals surface area contributed by atoms with Gasteiger partial charge in [-0.25, -0.2) is 13.1 Å². The number of carbonyl (C=O) groups excluding carboxylic acids is 1. The lowest BCUT2D eigenvalue weighted by Gasteiger charge is -2.22. The van der Waals surface area contributed by atoms with Crippen LogP contribution >= 0.6 is 0 Å². The molecule has 0 aliphatic heterocycles. The van der Waals surface area contributed by atoms with Crippen molar-refractivity contribution < 1.29 is 17.7 Å². The smallest absolute Gasteiger partial charge is 0.264 e. The summed E-state index contributed by atoms with van der Waals surface area (Å²) in [5.41, 5.74) is 1.17. The highest BCUT2D eigenvalue weighted by Gasteiger charge is 2.20. The first-order chi connectivity index (χ1) is 12.4. The fourth-order valence-corrected chi connectivity index (χ4v) is 4.29. The first-order valence-corrected chi connectivity index (χ1v) is 10.4. The first-order valence-electron chi connectivity index (χ1n) is 8.89. The van der Waals surface area contributed by atoms with Crippen LogP contribution in [-0.2, 0) is 21.2 Å². The lowest BCUT2D eigenvalue weighted by atomic mass is 9.84. The Balaban J connectivity index is 1.59. The molecule has 1 aromatic carbocycles. The third-order valence-corrected chi connectivity index (χ3v) is 6.04. The van der Waals surface area contributed by atoms with E-state index in [1.54, 1.807) is 19.1 Å². The summed E-state index contributed by atoms with van der Waals surface area (Å²) in [6.07, 6.45) is 6.18. The maximum absolute atomic E-state index is 12.4. The van der Waals surface area contributed by atoms with Crippen LogP contribution in [0.15, 0.2) is 33.7 Å². The van der Waals surface area contributed by atoms with Crippen LogP contribution in [0.5, 0.6) is 0 Å². The van der Waals surface area contributed by atoms with Crippen molar-refractivity contribution in [2.45, 2.75) is 62.7 Å². The zero-order valence-electron chi connectivity index (χ0n) is 14.8. The van der Waals surface area contributed by atoms with Gasteiger partial charge in [-0.1, -0.05) is 36.6 Å². The second-order valence-corrected chi connectivity index (χ2v) is 8.35. The van der Waals surface area contributed by atoms with Gasteiger partial charge >= 0.3 is 0 Å². The summed E-state index contributed by atoms with van der Waals surface area (Å²) >= 11 is 0. The van der Waals surface area contributed by atoms with Crippen LogP contribution in [0.25, 0.3) is 0 Å². The number of nitrogens with zero attached hydrogens (tertiary/aromatic N) is 2. The van der Waals surface area contributed by atoms with Gasteiger partial charge in [-0.3, -0.25) is 4.79 Å². The largest absolute Gasteiger partial charge is 0.339 e. The van der Waals surface area contributed by atoms with Gasteiger partial charge in [0.2, 0.25) is 11.8 Å². The van der Waals surface area contributed by atoms with Crippen molar-refractivity contribution in [1.29, 1.82) is 0 Å². The first kappa shape index (κ1) is 18.6. The van der Waals surface area contributed by atoms with E-state index in [2.05, 4.69) is 14.9 Å². The molecule has 0 radical (unpaired) electrons. The van der Waals surface area contributed by atoms with Gasteiger partial charge in [-0.05, 0) is 43.4 Å². The molecule has 2 aromatic rings. The average Bonchev–Trinajstić information content (AvgIpc) is 3.06. The average molecular weight is 377 g/mol. The lowest BCUT2D eigenvalue weighted by molar-refractivity contribution is -0.119. The number of rotatable bonds is 6. The summed E-state index contributed by atoms with van der Waals surface area (Å²) in [4.78, 5) is 16.0. The predicted molar refractivity (Wildman–Crippen MR) is 95.0 cm³/mol. The van der Waals surface area contributed by atoms with Crippen LogP contribution in [0, 0.1) is 6.92 Å². The molecule has 26 heavy (non-hydrogen) atoms. The van der Waals surface area contributed by atoms with Crippen LogP contribution in [0.1, 0.15) is 61.7 Å². The highest BCUT2D eigenvalue weighted by atomic mass is 32.2. The summed E-state index contributed by atoms with van der Waals surface area (Å²) in [7, 11) is -3.87. The lowest BCUT2D eigenvalue weighted by Crippen LogP contribution is -2.30. The van der Waals surface area contributed by atoms with Crippen LogP contribution in [0.3, 0.4) is 0 Å². The number of aryl methyl sites for hydroxylation is 2. The molecule has 1 amide bonds. The highest BCUT2D eigenvalue weighted by molar-refractivity contribution is 7.90. The van der Waals surface area contributed by atoms with Gasteiger partial charge in [-0.2, -0.15) is 4.98 Å². The molecule has 1 aromatic heterocycles. The van der Waals surface area contributed by atoms with Crippen LogP contribution in [-0.4, -0.2) is 24.5 Å². The van der Waals surface area contributed by atoms with Gasteiger partial charge < -0.3 is 4.52 Å². The van der Waals surface area contributed by atoms with E-state index in [0.717, 1.165) is 12.8 Å². The van der Waals surface area contributed by atoms with E-state index in [9.17, 15) is 13.2 Å². The summed E-state index contributed by atoms with van der Waals surface area (Å²) in [6, 6.07) is 6.86. The number of nitrogens with one attached hydrogen (secondary N) is 1. The van der Waals surface area contributed by atoms with E-state index >= 15 is 0 Å². The van der Waals surface area contributed by atoms with Gasteiger partial charge in [0.05, 0.1) is 4.90 Å². The third kappa shape index (κ3) is 4.69. The molecule has 1 aliphatic carbocycles. The van der Waals surface area contributed by atoms with Crippen molar-refractivity contribution >= 4 is 15.9 Å². The Kier molecular flexibility index (Phi) is 5.70. The molecule has 0 unspecified atom stereocenters. The van der Waals surface area contributed by atoms with E-state index in [-0.39, 0.29) is 17.7 Å². The maximum Gasteiger partial charge on any atom is 0.264 e. The van der Waals surface area contributed by atoms with Crippen LogP contribution in [0.2, 0.25) is 0 Å². The molecule has 1 N–H and O–H groups in total. The fourth-order valence-electron chi connectivity index (χ4n) is 3.28. The molecule has 140 valence electrons. The van der Waals surface area contributed by atoms with Gasteiger partial charge in [0.1, 0.15) is 0 Å². The third-order valence-electron chi connectivity index (χ3n) is 4.65. The maximum atomic E-state index is 12.4. The van der Waals surface area contributed by atoms with Crippen LogP contribution < -0.4 is 4.72 Å². The molecule has 0 atom stereocenters. The van der Waals surface area contributed by atoms with Gasteiger partial charge in [0, 0.05) is 12.8 Å². The van der Waals surface area contributed by atoms with Gasteiger partial charge in [-0.15, -0.1) is 0 Å². The van der Waals surface area contributed by atoms with Crippen molar-refractivity contribution in [2.75, 3.05) is 0 Å². The highest BCUT2D eigenvalue weighted by Crippen LogP contribution is 2.32. The minimum Gasteiger partial charge on any atom is -0.339 e. The second-order valence-electron chi connectivity index (χ2n) is 6.67. The zero-order valence-corrected chi connectivity index (χ0v) is 15.6. The Morgan fingerprint density at radius 3 is 2.50 bits per heavy atom. The molecule has 7 nitrogen and oxygen atoms in total. The second kappa shape index (κ2) is 7.99. The Labute approximate surface area is 153 Å². The SMILES string of the molecule is Cc1noc(CCC(=O)NS(=O)(=O)c2ccc(C3CCCCC3)cc2)n1. The zero-order chi connectivity index (χ0) is 18.6. The standard InChI is InChI=1S/C18H23N3O4S/c1-13-19-18(25-20-13)12-11-17(22)21-26(23,24)16-9-7-15(8-10-16)14-5-3-2-4-6-14/h7-10,14H,2-6,11-12H2,1H3,(H,21,22). The normalized spacial score (nSPS) is 15.7. The van der Waals surface area contributed by atoms with Crippen molar-refractivity contribution in [3.8, 4) is 0 Å². The molecule has 0 spiro atoms. The molecular weight excluding hydrogens is 354 g/mol. The molecule has 1 heterocycles. The van der Waals surface area contributed by atoms with Crippen molar-refractivity contribution in [1.82, 2.24) is 14.9 Å². The van der Waals surface area contributed by atoms with Crippen LogP contribution in [0.4, 0.5) is 0 Å². The minimum atomic E-state index is -3.87. The fraction of sp³-hybridized carbons (Fsp3) is 0.500. The Hall–Kier alpha value is -2.22. The number of sulfonamides is 1.